The van der Waals surface area contributed by atoms with Gasteiger partial charge in [-0.05, 0) is 43.2 Å². The zero-order chi connectivity index (χ0) is 19.8. The number of rotatable bonds is 8. The van der Waals surface area contributed by atoms with Crippen LogP contribution in [0.15, 0.2) is 42.6 Å². The molecular weight excluding hydrogens is 344 g/mol. The van der Waals surface area contributed by atoms with E-state index in [2.05, 4.69) is 4.98 Å². The van der Waals surface area contributed by atoms with Gasteiger partial charge in [0.2, 0.25) is 0 Å². The Kier molecular flexibility index (Phi) is 7.34. The number of ether oxygens (including phenoxy) is 2. The number of carbonyl (C=O) groups is 2. The standard InChI is InChI=1S/C21H26N2O4/c1-15-8-9-16(2)19(11-15)27-14-20(24)23(12-17(3)21(25)26-4)13-18-7-5-6-10-22-18/h5-11,17H,12-14H2,1-4H3. The van der Waals surface area contributed by atoms with E-state index in [9.17, 15) is 9.59 Å². The molecule has 1 unspecified atom stereocenters. The van der Waals surface area contributed by atoms with E-state index in [0.29, 0.717) is 12.3 Å². The summed E-state index contributed by atoms with van der Waals surface area (Å²) in [6, 6.07) is 11.4. The number of nitrogens with zero attached hydrogens (tertiary/aromatic N) is 2. The first-order valence-electron chi connectivity index (χ1n) is 8.86. The summed E-state index contributed by atoms with van der Waals surface area (Å²) in [5.74, 6) is -0.327. The number of aromatic nitrogens is 1. The molecule has 0 spiro atoms. The van der Waals surface area contributed by atoms with Crippen molar-refractivity contribution >= 4 is 11.9 Å². The van der Waals surface area contributed by atoms with E-state index in [1.54, 1.807) is 18.0 Å². The molecule has 0 aliphatic rings. The molecule has 0 aliphatic carbocycles. The van der Waals surface area contributed by atoms with Crippen LogP contribution in [0.2, 0.25) is 0 Å². The average molecular weight is 370 g/mol. The molecule has 1 atom stereocenters. The highest BCUT2D eigenvalue weighted by Gasteiger charge is 2.22. The van der Waals surface area contributed by atoms with E-state index in [0.717, 1.165) is 16.8 Å². The van der Waals surface area contributed by atoms with E-state index < -0.39 is 5.92 Å². The third-order valence-electron chi connectivity index (χ3n) is 4.22. The second-order valence-corrected chi connectivity index (χ2v) is 6.58. The van der Waals surface area contributed by atoms with Gasteiger partial charge in [0, 0.05) is 12.7 Å². The Morgan fingerprint density at radius 3 is 2.63 bits per heavy atom. The van der Waals surface area contributed by atoms with Crippen molar-refractivity contribution in [2.24, 2.45) is 5.92 Å². The fraction of sp³-hybridized carbons (Fsp3) is 0.381. The van der Waals surface area contributed by atoms with Crippen molar-refractivity contribution in [3.05, 3.63) is 59.4 Å². The zero-order valence-electron chi connectivity index (χ0n) is 16.3. The molecule has 0 radical (unpaired) electrons. The van der Waals surface area contributed by atoms with Gasteiger partial charge in [-0.2, -0.15) is 0 Å². The molecule has 1 aromatic carbocycles. The largest absolute Gasteiger partial charge is 0.483 e. The molecule has 1 heterocycles. The molecule has 2 aromatic rings. The molecule has 27 heavy (non-hydrogen) atoms. The summed E-state index contributed by atoms with van der Waals surface area (Å²) in [6.07, 6.45) is 1.67. The van der Waals surface area contributed by atoms with Crippen LogP contribution >= 0.6 is 0 Å². The summed E-state index contributed by atoms with van der Waals surface area (Å²) in [6.45, 7) is 6.07. The Bertz CT molecular complexity index is 777. The van der Waals surface area contributed by atoms with Crippen LogP contribution in [0.4, 0.5) is 0 Å². The maximum Gasteiger partial charge on any atom is 0.310 e. The summed E-state index contributed by atoms with van der Waals surface area (Å²) in [5.41, 5.74) is 2.77. The number of methoxy groups -OCH3 is 1. The van der Waals surface area contributed by atoms with Crippen LogP contribution in [-0.2, 0) is 20.9 Å². The van der Waals surface area contributed by atoms with Crippen molar-refractivity contribution in [1.82, 2.24) is 9.88 Å². The fourth-order valence-electron chi connectivity index (χ4n) is 2.64. The second-order valence-electron chi connectivity index (χ2n) is 6.58. The number of hydrogen-bond donors (Lipinski definition) is 0. The van der Waals surface area contributed by atoms with Crippen molar-refractivity contribution in [2.45, 2.75) is 27.3 Å². The van der Waals surface area contributed by atoms with Crippen molar-refractivity contribution < 1.29 is 19.1 Å². The minimum Gasteiger partial charge on any atom is -0.483 e. The van der Waals surface area contributed by atoms with Gasteiger partial charge in [0.25, 0.3) is 5.91 Å². The van der Waals surface area contributed by atoms with Crippen molar-refractivity contribution in [3.63, 3.8) is 0 Å². The predicted octanol–water partition coefficient (Wildman–Crippen LogP) is 2.92. The average Bonchev–Trinajstić information content (AvgIpc) is 2.67. The van der Waals surface area contributed by atoms with Gasteiger partial charge in [0.15, 0.2) is 6.61 Å². The van der Waals surface area contributed by atoms with Gasteiger partial charge in [-0.25, -0.2) is 0 Å². The number of hydrogen-bond acceptors (Lipinski definition) is 5. The van der Waals surface area contributed by atoms with Gasteiger partial charge in [-0.3, -0.25) is 14.6 Å². The van der Waals surface area contributed by atoms with Crippen molar-refractivity contribution in [3.8, 4) is 5.75 Å². The lowest BCUT2D eigenvalue weighted by Crippen LogP contribution is -2.39. The third-order valence-corrected chi connectivity index (χ3v) is 4.22. The number of amides is 1. The van der Waals surface area contributed by atoms with Crippen LogP contribution in [0.5, 0.6) is 5.75 Å². The Labute approximate surface area is 160 Å². The first kappa shape index (κ1) is 20.4. The van der Waals surface area contributed by atoms with Gasteiger partial charge >= 0.3 is 5.97 Å². The summed E-state index contributed by atoms with van der Waals surface area (Å²) in [7, 11) is 1.34. The van der Waals surface area contributed by atoms with Gasteiger partial charge in [-0.1, -0.05) is 25.1 Å². The molecule has 144 valence electrons. The quantitative estimate of drug-likeness (QED) is 0.668. The van der Waals surface area contributed by atoms with E-state index in [1.165, 1.54) is 7.11 Å². The molecule has 6 nitrogen and oxygen atoms in total. The van der Waals surface area contributed by atoms with Crippen molar-refractivity contribution in [1.29, 1.82) is 0 Å². The molecule has 2 rings (SSSR count). The van der Waals surface area contributed by atoms with Crippen LogP contribution in [0.3, 0.4) is 0 Å². The van der Waals surface area contributed by atoms with Crippen LogP contribution in [0.25, 0.3) is 0 Å². The highest BCUT2D eigenvalue weighted by molar-refractivity contribution is 5.79. The summed E-state index contributed by atoms with van der Waals surface area (Å²) < 4.78 is 10.5. The van der Waals surface area contributed by atoms with E-state index in [-0.39, 0.29) is 25.0 Å². The lowest BCUT2D eigenvalue weighted by molar-refractivity contribution is -0.147. The van der Waals surface area contributed by atoms with E-state index in [4.69, 9.17) is 9.47 Å². The van der Waals surface area contributed by atoms with Gasteiger partial charge < -0.3 is 14.4 Å². The highest BCUT2D eigenvalue weighted by Crippen LogP contribution is 2.19. The molecule has 0 aliphatic heterocycles. The highest BCUT2D eigenvalue weighted by atomic mass is 16.5. The maximum absolute atomic E-state index is 12.8. The minimum atomic E-state index is -0.441. The Morgan fingerprint density at radius 2 is 1.96 bits per heavy atom. The van der Waals surface area contributed by atoms with Crippen LogP contribution in [0.1, 0.15) is 23.7 Å². The molecule has 1 aromatic heterocycles. The Morgan fingerprint density at radius 1 is 1.19 bits per heavy atom. The van der Waals surface area contributed by atoms with Gasteiger partial charge in [0.1, 0.15) is 5.75 Å². The van der Waals surface area contributed by atoms with Gasteiger partial charge in [0.05, 0.1) is 25.3 Å². The summed E-state index contributed by atoms with van der Waals surface area (Å²) in [4.78, 5) is 30.4. The van der Waals surface area contributed by atoms with E-state index in [1.807, 2.05) is 50.2 Å². The maximum atomic E-state index is 12.8. The number of esters is 1. The monoisotopic (exact) mass is 370 g/mol. The number of carbonyl (C=O) groups excluding carboxylic acids is 2. The zero-order valence-corrected chi connectivity index (χ0v) is 16.3. The Balaban J connectivity index is 2.09. The number of benzene rings is 1. The Hall–Kier alpha value is -2.89. The van der Waals surface area contributed by atoms with Crippen LogP contribution in [0, 0.1) is 19.8 Å². The van der Waals surface area contributed by atoms with Crippen LogP contribution < -0.4 is 4.74 Å². The van der Waals surface area contributed by atoms with Crippen molar-refractivity contribution in [2.75, 3.05) is 20.3 Å². The normalized spacial score (nSPS) is 11.6. The first-order chi connectivity index (χ1) is 12.9. The molecule has 0 fully saturated rings. The lowest BCUT2D eigenvalue weighted by Gasteiger charge is -2.25. The molecule has 0 saturated heterocycles. The number of pyridine rings is 1. The SMILES string of the molecule is COC(=O)C(C)CN(Cc1ccccn1)C(=O)COc1cc(C)ccc1C. The number of aryl methyl sites for hydroxylation is 2. The molecule has 0 saturated carbocycles. The van der Waals surface area contributed by atoms with E-state index >= 15 is 0 Å². The molecule has 6 heteroatoms. The smallest absolute Gasteiger partial charge is 0.310 e. The van der Waals surface area contributed by atoms with Gasteiger partial charge in [-0.15, -0.1) is 0 Å². The lowest BCUT2D eigenvalue weighted by atomic mass is 10.1. The summed E-state index contributed by atoms with van der Waals surface area (Å²) >= 11 is 0. The summed E-state index contributed by atoms with van der Waals surface area (Å²) in [5, 5.41) is 0. The second kappa shape index (κ2) is 9.71. The molecular formula is C21H26N2O4. The first-order valence-corrected chi connectivity index (χ1v) is 8.86. The predicted molar refractivity (Wildman–Crippen MR) is 102 cm³/mol. The molecule has 1 amide bonds. The molecule has 0 bridgehead atoms. The fourth-order valence-corrected chi connectivity index (χ4v) is 2.64. The minimum absolute atomic E-state index is 0.106. The van der Waals surface area contributed by atoms with Crippen LogP contribution in [-0.4, -0.2) is 42.0 Å². The third kappa shape index (κ3) is 6.09. The molecule has 0 N–H and O–H groups in total. The topological polar surface area (TPSA) is 68.7 Å².